The van der Waals surface area contributed by atoms with Crippen molar-refractivity contribution in [2.24, 2.45) is 0 Å². The third-order valence-electron chi connectivity index (χ3n) is 10.4. The van der Waals surface area contributed by atoms with Crippen molar-refractivity contribution in [3.63, 3.8) is 0 Å². The fourth-order valence-electron chi connectivity index (χ4n) is 7.73. The second kappa shape index (κ2) is 11.7. The molecule has 5 aromatic carbocycles. The SMILES string of the molecule is CC(C)(C)c1cc(C#N)cc([N@+]23[CH-][N+]2(c2[c-]c(Oc4[c-]c5c(cc4)c4ccccc4n5-c4cc(C(C)(C)C)ccn4)ccc2)c2ccccc23)c1.[Pt]. The van der Waals surface area contributed by atoms with Crippen LogP contribution in [0.5, 0.6) is 11.5 Å². The topological polar surface area (TPSA) is 50.8 Å². The molecule has 0 saturated carbocycles. The number of fused-ring (bicyclic) bond motifs is 7. The fraction of sp³-hybridized carbons (Fsp3) is 0.178. The second-order valence-electron chi connectivity index (χ2n) is 15.7. The van der Waals surface area contributed by atoms with Crippen molar-refractivity contribution in [1.82, 2.24) is 18.7 Å². The van der Waals surface area contributed by atoms with Gasteiger partial charge in [-0.05, 0) is 51.6 Å². The minimum absolute atomic E-state index is 0. The number of nitrogens with zero attached hydrogens (tertiary/aromatic N) is 5. The van der Waals surface area contributed by atoms with E-state index in [1.165, 1.54) is 16.9 Å². The second-order valence-corrected chi connectivity index (χ2v) is 15.7. The molecule has 0 N–H and O–H groups in total. The third-order valence-corrected chi connectivity index (χ3v) is 10.4. The number of aromatic nitrogens is 2. The number of rotatable bonds is 5. The Balaban J connectivity index is 0.00000387. The van der Waals surface area contributed by atoms with Gasteiger partial charge in [0.05, 0.1) is 17.3 Å². The van der Waals surface area contributed by atoms with Crippen molar-refractivity contribution in [2.75, 3.05) is 0 Å². The van der Waals surface area contributed by atoms with E-state index in [1.54, 1.807) is 0 Å². The zero-order chi connectivity index (χ0) is 35.3. The van der Waals surface area contributed by atoms with Crippen LogP contribution in [-0.4, -0.2) is 9.55 Å². The van der Waals surface area contributed by atoms with Gasteiger partial charge < -0.3 is 9.30 Å². The van der Waals surface area contributed by atoms with E-state index in [9.17, 15) is 5.26 Å². The number of hydrogen-bond donors (Lipinski definition) is 0. The molecular formula is C45H38N5OPt-. The summed E-state index contributed by atoms with van der Waals surface area (Å²) in [6, 6.07) is 47.3. The van der Waals surface area contributed by atoms with Crippen molar-refractivity contribution in [2.45, 2.75) is 52.4 Å². The smallest absolute Gasteiger partial charge is 0.225 e. The Labute approximate surface area is 319 Å². The molecule has 7 aromatic rings. The van der Waals surface area contributed by atoms with Gasteiger partial charge in [-0.3, -0.25) is 0 Å². The summed E-state index contributed by atoms with van der Waals surface area (Å²) in [6.07, 6.45) is 1.89. The number of hydrogen-bond acceptors (Lipinski definition) is 3. The standard InChI is InChI=1S/C45H38N5O.Pt/c1-44(2,3)31-20-21-47-43(25-31)48-39-15-8-7-14-37(39)38-19-18-36(27-40(38)48)51-35-13-11-12-33(26-35)49-29-50(49,42-17-10-9-16-41(42)49)34-23-30(28-46)22-32(24-34)45(4,5)6;/h7-25,29H,1-6H3;/q-1;/t49?,50-;/m0./s1. The summed E-state index contributed by atoms with van der Waals surface area (Å²) < 4.78 is 9.73. The molecule has 6 nitrogen and oxygen atoms in total. The number of pyridine rings is 1. The Morgan fingerprint density at radius 3 is 2.17 bits per heavy atom. The monoisotopic (exact) mass is 859 g/mol. The van der Waals surface area contributed by atoms with Crippen LogP contribution in [0.3, 0.4) is 0 Å². The number of ether oxygens (including phenoxy) is 1. The summed E-state index contributed by atoms with van der Waals surface area (Å²) in [6.45, 7) is 15.5. The number of quaternary nitrogens is 2. The van der Waals surface area contributed by atoms with E-state index in [1.807, 2.05) is 36.5 Å². The quantitative estimate of drug-likeness (QED) is 0.0984. The summed E-state index contributed by atoms with van der Waals surface area (Å²) in [5, 5.41) is 12.2. The van der Waals surface area contributed by atoms with Crippen LogP contribution in [0.25, 0.3) is 27.6 Å². The Morgan fingerprint density at radius 1 is 0.712 bits per heavy atom. The maximum atomic E-state index is 10.0. The van der Waals surface area contributed by atoms with Crippen molar-refractivity contribution < 1.29 is 25.8 Å². The van der Waals surface area contributed by atoms with Crippen molar-refractivity contribution in [1.29, 1.82) is 5.26 Å². The summed E-state index contributed by atoms with van der Waals surface area (Å²) in [4.78, 5) is 4.82. The van der Waals surface area contributed by atoms with Crippen molar-refractivity contribution in [3.05, 3.63) is 151 Å². The van der Waals surface area contributed by atoms with Crippen LogP contribution in [0.15, 0.2) is 115 Å². The van der Waals surface area contributed by atoms with Crippen LogP contribution in [-0.2, 0) is 31.9 Å². The third kappa shape index (κ3) is 4.91. The van der Waals surface area contributed by atoms with Gasteiger partial charge in [0.15, 0.2) is 12.4 Å². The average molecular weight is 860 g/mol. The molecular weight excluding hydrogens is 822 g/mol. The molecule has 7 heteroatoms. The fourth-order valence-corrected chi connectivity index (χ4v) is 7.73. The molecule has 4 heterocycles. The average Bonchev–Trinajstić information content (AvgIpc) is 3.61. The van der Waals surface area contributed by atoms with Crippen LogP contribution < -0.4 is 13.9 Å². The maximum Gasteiger partial charge on any atom is 0.225 e. The molecule has 1 saturated heterocycles. The zero-order valence-corrected chi connectivity index (χ0v) is 32.3. The largest absolute Gasteiger partial charge is 0.509 e. The normalized spacial score (nSPS) is 18.9. The first kappa shape index (κ1) is 34.1. The van der Waals surface area contributed by atoms with Crippen LogP contribution >= 0.6 is 0 Å². The van der Waals surface area contributed by atoms with Crippen LogP contribution in [0.4, 0.5) is 22.7 Å². The van der Waals surface area contributed by atoms with E-state index in [0.717, 1.165) is 44.6 Å². The first-order chi connectivity index (χ1) is 24.4. The Hall–Kier alpha value is -5.05. The molecule has 2 aliphatic heterocycles. The van der Waals surface area contributed by atoms with Gasteiger partial charge in [-0.15, -0.1) is 29.7 Å². The van der Waals surface area contributed by atoms with Crippen LogP contribution in [0.2, 0.25) is 0 Å². The van der Waals surface area contributed by atoms with E-state index >= 15 is 0 Å². The van der Waals surface area contributed by atoms with Gasteiger partial charge in [0, 0.05) is 68.5 Å². The molecule has 1 unspecified atom stereocenters. The molecule has 260 valence electrons. The Morgan fingerprint density at radius 2 is 1.42 bits per heavy atom. The molecule has 2 aromatic heterocycles. The molecule has 0 aliphatic carbocycles. The molecule has 1 fully saturated rings. The van der Waals surface area contributed by atoms with E-state index in [-0.39, 0.29) is 31.9 Å². The number of para-hydroxylation sites is 3. The molecule has 52 heavy (non-hydrogen) atoms. The summed E-state index contributed by atoms with van der Waals surface area (Å²) in [5.74, 6) is 2.06. The van der Waals surface area contributed by atoms with Gasteiger partial charge in [-0.2, -0.15) is 22.0 Å². The van der Waals surface area contributed by atoms with Crippen molar-refractivity contribution in [3.8, 4) is 23.4 Å². The first-order valence-corrected chi connectivity index (χ1v) is 17.4. The Kier molecular flexibility index (Phi) is 7.68. The van der Waals surface area contributed by atoms with Crippen LogP contribution in [0.1, 0.15) is 58.2 Å². The molecule has 2 atom stereocenters. The van der Waals surface area contributed by atoms with Gasteiger partial charge in [-0.25, -0.2) is 9.58 Å². The Bertz CT molecular complexity index is 2600. The summed E-state index contributed by atoms with van der Waals surface area (Å²) in [5.41, 5.74) is 9.28. The predicted octanol–water partition coefficient (Wildman–Crippen LogP) is 11.4. The molecule has 0 radical (unpaired) electrons. The predicted molar refractivity (Wildman–Crippen MR) is 205 cm³/mol. The van der Waals surface area contributed by atoms with E-state index in [0.29, 0.717) is 26.2 Å². The summed E-state index contributed by atoms with van der Waals surface area (Å²) in [7, 11) is 0. The molecule has 0 bridgehead atoms. The van der Waals surface area contributed by atoms with Gasteiger partial charge in [0.25, 0.3) is 0 Å². The van der Waals surface area contributed by atoms with E-state index in [2.05, 4.69) is 150 Å². The molecule has 9 rings (SSSR count). The van der Waals surface area contributed by atoms with Crippen molar-refractivity contribution >= 4 is 44.6 Å². The minimum Gasteiger partial charge on any atom is -0.509 e. The number of benzene rings is 5. The van der Waals surface area contributed by atoms with Crippen LogP contribution in [0, 0.1) is 30.1 Å². The molecule has 0 spiro atoms. The first-order valence-electron chi connectivity index (χ1n) is 17.4. The van der Waals surface area contributed by atoms with E-state index < -0.39 is 0 Å². The van der Waals surface area contributed by atoms with Gasteiger partial charge in [0.1, 0.15) is 5.82 Å². The molecule has 0 amide bonds. The summed E-state index contributed by atoms with van der Waals surface area (Å²) >= 11 is 0. The zero-order valence-electron chi connectivity index (χ0n) is 30.0. The maximum absolute atomic E-state index is 10.0. The number of nitriles is 1. The van der Waals surface area contributed by atoms with Gasteiger partial charge in [0.2, 0.25) is 11.4 Å². The molecule has 2 aliphatic rings. The minimum atomic E-state index is -0.107. The van der Waals surface area contributed by atoms with E-state index in [4.69, 9.17) is 9.72 Å². The van der Waals surface area contributed by atoms with Gasteiger partial charge >= 0.3 is 0 Å². The van der Waals surface area contributed by atoms with Gasteiger partial charge in [-0.1, -0.05) is 83.5 Å².